The molecule has 0 heterocycles. The molecule has 0 spiro atoms. The van der Waals surface area contributed by atoms with Gasteiger partial charge >= 0.3 is 0 Å². The van der Waals surface area contributed by atoms with Crippen LogP contribution in [0.2, 0.25) is 5.02 Å². The molecule has 0 aliphatic carbocycles. The first kappa shape index (κ1) is 13.8. The summed E-state index contributed by atoms with van der Waals surface area (Å²) >= 11 is 6.01. The van der Waals surface area contributed by atoms with Crippen LogP contribution < -0.4 is 11.1 Å². The van der Waals surface area contributed by atoms with Crippen LogP contribution >= 0.6 is 11.6 Å². The molecule has 0 radical (unpaired) electrons. The lowest BCUT2D eigenvalue weighted by atomic mass is 10.1. The van der Waals surface area contributed by atoms with Crippen LogP contribution in [0.4, 0.5) is 14.5 Å². The molecule has 1 atom stereocenters. The molecular weight excluding hydrogens is 270 g/mol. The maximum atomic E-state index is 13.7. The van der Waals surface area contributed by atoms with Gasteiger partial charge in [-0.25, -0.2) is 8.78 Å². The second kappa shape index (κ2) is 5.99. The van der Waals surface area contributed by atoms with Crippen LogP contribution in [0.5, 0.6) is 0 Å². The Hall–Kier alpha value is -1.65. The molecule has 0 saturated heterocycles. The standard InChI is InChI=1S/C14H13ClF2N2/c15-11-3-1-2-4-13(11)19-14(8-18)10-7-9(16)5-6-12(10)17/h1-7,14,19H,8,18H2. The Kier molecular flexibility index (Phi) is 4.35. The van der Waals surface area contributed by atoms with E-state index in [-0.39, 0.29) is 12.1 Å². The third kappa shape index (κ3) is 3.22. The minimum atomic E-state index is -0.546. The molecule has 0 aliphatic rings. The second-order valence-corrected chi connectivity index (χ2v) is 4.49. The summed E-state index contributed by atoms with van der Waals surface area (Å²) in [6, 6.07) is 9.79. The van der Waals surface area contributed by atoms with Crippen molar-refractivity contribution in [2.75, 3.05) is 11.9 Å². The van der Waals surface area contributed by atoms with E-state index in [0.717, 1.165) is 18.2 Å². The third-order valence-corrected chi connectivity index (χ3v) is 3.10. The minimum Gasteiger partial charge on any atom is -0.376 e. The summed E-state index contributed by atoms with van der Waals surface area (Å²) in [7, 11) is 0. The normalized spacial score (nSPS) is 12.2. The monoisotopic (exact) mass is 282 g/mol. The quantitative estimate of drug-likeness (QED) is 0.897. The fraction of sp³-hybridized carbons (Fsp3) is 0.143. The van der Waals surface area contributed by atoms with Gasteiger partial charge in [0.15, 0.2) is 0 Å². The first-order chi connectivity index (χ1) is 9.11. The van der Waals surface area contributed by atoms with Crippen molar-refractivity contribution in [2.24, 2.45) is 5.73 Å². The number of hydrogen-bond donors (Lipinski definition) is 2. The van der Waals surface area contributed by atoms with Gasteiger partial charge < -0.3 is 11.1 Å². The van der Waals surface area contributed by atoms with E-state index in [4.69, 9.17) is 17.3 Å². The Morgan fingerprint density at radius 1 is 1.16 bits per heavy atom. The third-order valence-electron chi connectivity index (χ3n) is 2.77. The molecule has 0 amide bonds. The maximum Gasteiger partial charge on any atom is 0.128 e. The predicted molar refractivity (Wildman–Crippen MR) is 73.2 cm³/mol. The van der Waals surface area contributed by atoms with Gasteiger partial charge in [-0.05, 0) is 30.3 Å². The number of benzene rings is 2. The predicted octanol–water partition coefficient (Wildman–Crippen LogP) is 3.73. The summed E-state index contributed by atoms with van der Waals surface area (Å²) in [6.45, 7) is 0.117. The number of nitrogens with one attached hydrogen (secondary N) is 1. The highest BCUT2D eigenvalue weighted by molar-refractivity contribution is 6.33. The van der Waals surface area contributed by atoms with Gasteiger partial charge in [-0.3, -0.25) is 0 Å². The van der Waals surface area contributed by atoms with Crippen molar-refractivity contribution >= 4 is 17.3 Å². The molecule has 0 bridgehead atoms. The van der Waals surface area contributed by atoms with E-state index < -0.39 is 17.7 Å². The molecule has 2 rings (SSSR count). The number of hydrogen-bond acceptors (Lipinski definition) is 2. The highest BCUT2D eigenvalue weighted by atomic mass is 35.5. The lowest BCUT2D eigenvalue weighted by Crippen LogP contribution is -2.22. The fourth-order valence-corrected chi connectivity index (χ4v) is 2.00. The summed E-state index contributed by atoms with van der Waals surface area (Å²) < 4.78 is 26.9. The molecule has 19 heavy (non-hydrogen) atoms. The average Bonchev–Trinajstić information content (AvgIpc) is 2.41. The molecule has 0 aromatic heterocycles. The second-order valence-electron chi connectivity index (χ2n) is 4.08. The van der Waals surface area contributed by atoms with Gasteiger partial charge in [-0.1, -0.05) is 23.7 Å². The van der Waals surface area contributed by atoms with Crippen LogP contribution in [0.1, 0.15) is 11.6 Å². The largest absolute Gasteiger partial charge is 0.376 e. The summed E-state index contributed by atoms with van der Waals surface area (Å²) in [5, 5.41) is 3.52. The fourth-order valence-electron chi connectivity index (χ4n) is 1.81. The molecule has 5 heteroatoms. The Morgan fingerprint density at radius 2 is 1.89 bits per heavy atom. The Balaban J connectivity index is 2.30. The van der Waals surface area contributed by atoms with E-state index in [1.165, 1.54) is 0 Å². The van der Waals surface area contributed by atoms with E-state index in [9.17, 15) is 8.78 Å². The molecule has 0 aliphatic heterocycles. The van der Waals surface area contributed by atoms with Crippen LogP contribution in [-0.2, 0) is 0 Å². The van der Waals surface area contributed by atoms with Gasteiger partial charge in [-0.2, -0.15) is 0 Å². The molecule has 1 unspecified atom stereocenters. The zero-order valence-electron chi connectivity index (χ0n) is 10.0. The van der Waals surface area contributed by atoms with E-state index in [1.54, 1.807) is 24.3 Å². The molecular formula is C14H13ClF2N2. The van der Waals surface area contributed by atoms with Gasteiger partial charge in [0.25, 0.3) is 0 Å². The van der Waals surface area contributed by atoms with Crippen LogP contribution in [0.3, 0.4) is 0 Å². The maximum absolute atomic E-state index is 13.7. The van der Waals surface area contributed by atoms with Crippen molar-refractivity contribution in [1.82, 2.24) is 0 Å². The van der Waals surface area contributed by atoms with Crippen LogP contribution in [0.25, 0.3) is 0 Å². The Bertz CT molecular complexity index is 575. The summed E-state index contributed by atoms with van der Waals surface area (Å²) in [5.41, 5.74) is 6.44. The molecule has 3 N–H and O–H groups in total. The highest BCUT2D eigenvalue weighted by Crippen LogP contribution is 2.27. The van der Waals surface area contributed by atoms with E-state index in [1.807, 2.05) is 0 Å². The molecule has 2 nitrogen and oxygen atoms in total. The zero-order valence-corrected chi connectivity index (χ0v) is 10.8. The van der Waals surface area contributed by atoms with Crippen LogP contribution in [-0.4, -0.2) is 6.54 Å². The molecule has 100 valence electrons. The number of para-hydroxylation sites is 1. The lowest BCUT2D eigenvalue weighted by Gasteiger charge is -2.20. The average molecular weight is 283 g/mol. The van der Waals surface area contributed by atoms with E-state index in [2.05, 4.69) is 5.32 Å². The molecule has 0 fully saturated rings. The van der Waals surface area contributed by atoms with Crippen molar-refractivity contribution in [3.63, 3.8) is 0 Å². The Morgan fingerprint density at radius 3 is 2.58 bits per heavy atom. The van der Waals surface area contributed by atoms with Crippen molar-refractivity contribution in [1.29, 1.82) is 0 Å². The molecule has 0 saturated carbocycles. The van der Waals surface area contributed by atoms with Gasteiger partial charge in [0.1, 0.15) is 11.6 Å². The van der Waals surface area contributed by atoms with Crippen molar-refractivity contribution in [3.8, 4) is 0 Å². The van der Waals surface area contributed by atoms with Crippen molar-refractivity contribution < 1.29 is 8.78 Å². The van der Waals surface area contributed by atoms with Crippen LogP contribution in [0.15, 0.2) is 42.5 Å². The summed E-state index contributed by atoms with van der Waals surface area (Å²) in [5.74, 6) is -1.01. The smallest absolute Gasteiger partial charge is 0.128 e. The number of nitrogens with two attached hydrogens (primary N) is 1. The van der Waals surface area contributed by atoms with Crippen molar-refractivity contribution in [3.05, 3.63) is 64.7 Å². The van der Waals surface area contributed by atoms with Gasteiger partial charge in [-0.15, -0.1) is 0 Å². The molecule has 2 aromatic carbocycles. The van der Waals surface area contributed by atoms with Gasteiger partial charge in [0, 0.05) is 12.1 Å². The lowest BCUT2D eigenvalue weighted by molar-refractivity contribution is 0.572. The summed E-state index contributed by atoms with van der Waals surface area (Å²) in [6.07, 6.45) is 0. The van der Waals surface area contributed by atoms with E-state index >= 15 is 0 Å². The first-order valence-electron chi connectivity index (χ1n) is 5.78. The topological polar surface area (TPSA) is 38.0 Å². The number of halogens is 3. The Labute approximate surface area is 115 Å². The number of anilines is 1. The zero-order chi connectivity index (χ0) is 13.8. The summed E-state index contributed by atoms with van der Waals surface area (Å²) in [4.78, 5) is 0. The van der Waals surface area contributed by atoms with Gasteiger partial charge in [0.2, 0.25) is 0 Å². The van der Waals surface area contributed by atoms with Crippen LogP contribution in [0, 0.1) is 11.6 Å². The SMILES string of the molecule is NCC(Nc1ccccc1Cl)c1cc(F)ccc1F. The minimum absolute atomic E-state index is 0.117. The molecule has 2 aromatic rings. The van der Waals surface area contributed by atoms with Gasteiger partial charge in [0.05, 0.1) is 16.8 Å². The number of rotatable bonds is 4. The first-order valence-corrected chi connectivity index (χ1v) is 6.15. The highest BCUT2D eigenvalue weighted by Gasteiger charge is 2.16. The van der Waals surface area contributed by atoms with E-state index in [0.29, 0.717) is 10.7 Å². The van der Waals surface area contributed by atoms with Crippen molar-refractivity contribution in [2.45, 2.75) is 6.04 Å².